The van der Waals surface area contributed by atoms with E-state index in [1.807, 2.05) is 0 Å². The zero-order valence-electron chi connectivity index (χ0n) is 10.8. The molecule has 6 heteroatoms. The molecule has 0 aromatic carbocycles. The molecule has 0 saturated heterocycles. The minimum atomic E-state index is 0.197. The second-order valence-electron chi connectivity index (χ2n) is 4.30. The van der Waals surface area contributed by atoms with Gasteiger partial charge in [-0.3, -0.25) is 0 Å². The van der Waals surface area contributed by atoms with Gasteiger partial charge in [0.2, 0.25) is 17.2 Å². The molecule has 96 valence electrons. The molecular weight excluding hydrogens is 238 g/mol. The number of rotatable bonds is 6. The average molecular weight is 258 g/mol. The normalized spacial score (nSPS) is 14.2. The molecule has 5 nitrogen and oxygen atoms in total. The third kappa shape index (κ3) is 4.73. The maximum absolute atomic E-state index is 5.80. The molecule has 0 aliphatic rings. The van der Waals surface area contributed by atoms with Crippen LogP contribution >= 0.6 is 11.6 Å². The van der Waals surface area contributed by atoms with Crippen LogP contribution in [0.2, 0.25) is 5.28 Å². The molecule has 0 aliphatic heterocycles. The minimum absolute atomic E-state index is 0.197. The number of anilines is 2. The summed E-state index contributed by atoms with van der Waals surface area (Å²) in [5, 5.41) is 6.28. The van der Waals surface area contributed by atoms with Gasteiger partial charge < -0.3 is 10.6 Å². The summed E-state index contributed by atoms with van der Waals surface area (Å²) >= 11 is 5.80. The van der Waals surface area contributed by atoms with Crippen LogP contribution < -0.4 is 10.6 Å². The molecule has 0 spiro atoms. The summed E-state index contributed by atoms with van der Waals surface area (Å²) < 4.78 is 0. The standard InChI is InChI=1S/C11H20ClN5/c1-5-7(2)6-8(3)14-11-16-9(12)15-10(13-4)17-11/h7-8H,5-6H2,1-4H3,(H2,13,14,15,16,17). The summed E-state index contributed by atoms with van der Waals surface area (Å²) in [6.07, 6.45) is 2.25. The van der Waals surface area contributed by atoms with Gasteiger partial charge in [0.25, 0.3) is 0 Å². The van der Waals surface area contributed by atoms with Gasteiger partial charge in [0.05, 0.1) is 0 Å². The van der Waals surface area contributed by atoms with Gasteiger partial charge in [-0.15, -0.1) is 0 Å². The second kappa shape index (κ2) is 6.59. The van der Waals surface area contributed by atoms with Gasteiger partial charge in [0.1, 0.15) is 0 Å². The van der Waals surface area contributed by atoms with Gasteiger partial charge in [0, 0.05) is 13.1 Å². The number of halogens is 1. The first-order valence-corrected chi connectivity index (χ1v) is 6.28. The van der Waals surface area contributed by atoms with Crippen LogP contribution in [-0.4, -0.2) is 28.0 Å². The van der Waals surface area contributed by atoms with Crippen molar-refractivity contribution < 1.29 is 0 Å². The molecule has 0 bridgehead atoms. The molecule has 17 heavy (non-hydrogen) atoms. The summed E-state index contributed by atoms with van der Waals surface area (Å²) in [7, 11) is 1.75. The number of hydrogen-bond acceptors (Lipinski definition) is 5. The largest absolute Gasteiger partial charge is 0.357 e. The molecule has 0 radical (unpaired) electrons. The second-order valence-corrected chi connectivity index (χ2v) is 4.63. The van der Waals surface area contributed by atoms with Gasteiger partial charge in [0.15, 0.2) is 0 Å². The van der Waals surface area contributed by atoms with Crippen LogP contribution in [0.15, 0.2) is 0 Å². The van der Waals surface area contributed by atoms with E-state index in [-0.39, 0.29) is 5.28 Å². The highest BCUT2D eigenvalue weighted by Gasteiger charge is 2.10. The zero-order valence-corrected chi connectivity index (χ0v) is 11.5. The average Bonchev–Trinajstić information content (AvgIpc) is 2.27. The molecule has 0 amide bonds. The van der Waals surface area contributed by atoms with Crippen molar-refractivity contribution in [2.45, 2.75) is 39.7 Å². The summed E-state index contributed by atoms with van der Waals surface area (Å²) in [5.41, 5.74) is 0. The monoisotopic (exact) mass is 257 g/mol. The lowest BCUT2D eigenvalue weighted by Crippen LogP contribution is -2.20. The summed E-state index contributed by atoms with van der Waals surface area (Å²) in [6, 6.07) is 0.313. The van der Waals surface area contributed by atoms with Crippen molar-refractivity contribution in [1.82, 2.24) is 15.0 Å². The van der Waals surface area contributed by atoms with Crippen molar-refractivity contribution in [2.24, 2.45) is 5.92 Å². The van der Waals surface area contributed by atoms with E-state index in [1.165, 1.54) is 6.42 Å². The van der Waals surface area contributed by atoms with Gasteiger partial charge >= 0.3 is 0 Å². The van der Waals surface area contributed by atoms with Crippen LogP contribution in [0.5, 0.6) is 0 Å². The smallest absolute Gasteiger partial charge is 0.229 e. The molecule has 2 unspecified atom stereocenters. The van der Waals surface area contributed by atoms with E-state index in [9.17, 15) is 0 Å². The Morgan fingerprint density at radius 3 is 2.41 bits per heavy atom. The Labute approximate surface area is 107 Å². The van der Waals surface area contributed by atoms with Crippen LogP contribution in [0, 0.1) is 5.92 Å². The van der Waals surface area contributed by atoms with Gasteiger partial charge in [-0.2, -0.15) is 15.0 Å². The molecule has 1 aromatic rings. The van der Waals surface area contributed by atoms with E-state index in [4.69, 9.17) is 11.6 Å². The number of hydrogen-bond donors (Lipinski definition) is 2. The number of aromatic nitrogens is 3. The number of nitrogens with one attached hydrogen (secondary N) is 2. The van der Waals surface area contributed by atoms with Crippen LogP contribution in [0.4, 0.5) is 11.9 Å². The molecule has 1 aromatic heterocycles. The first-order valence-electron chi connectivity index (χ1n) is 5.91. The molecule has 0 fully saturated rings. The molecular formula is C11H20ClN5. The Hall–Kier alpha value is -1.10. The van der Waals surface area contributed by atoms with Crippen molar-refractivity contribution in [3.05, 3.63) is 5.28 Å². The van der Waals surface area contributed by atoms with Gasteiger partial charge in [-0.05, 0) is 30.9 Å². The van der Waals surface area contributed by atoms with Crippen molar-refractivity contribution >= 4 is 23.5 Å². The van der Waals surface area contributed by atoms with E-state index in [0.29, 0.717) is 23.9 Å². The fourth-order valence-corrected chi connectivity index (χ4v) is 1.74. The van der Waals surface area contributed by atoms with Crippen molar-refractivity contribution in [2.75, 3.05) is 17.7 Å². The third-order valence-corrected chi connectivity index (χ3v) is 2.83. The van der Waals surface area contributed by atoms with Crippen molar-refractivity contribution in [1.29, 1.82) is 0 Å². The summed E-state index contributed by atoms with van der Waals surface area (Å²) in [6.45, 7) is 6.54. The summed E-state index contributed by atoms with van der Waals surface area (Å²) in [5.74, 6) is 1.67. The van der Waals surface area contributed by atoms with E-state index < -0.39 is 0 Å². The quantitative estimate of drug-likeness (QED) is 0.821. The summed E-state index contributed by atoms with van der Waals surface area (Å²) in [4.78, 5) is 12.2. The first-order chi connectivity index (χ1) is 8.05. The van der Waals surface area contributed by atoms with E-state index >= 15 is 0 Å². The van der Waals surface area contributed by atoms with Gasteiger partial charge in [-0.25, -0.2) is 0 Å². The maximum atomic E-state index is 5.80. The maximum Gasteiger partial charge on any atom is 0.229 e. The van der Waals surface area contributed by atoms with E-state index in [1.54, 1.807) is 7.05 Å². The molecule has 1 heterocycles. The Morgan fingerprint density at radius 2 is 1.82 bits per heavy atom. The Morgan fingerprint density at radius 1 is 1.18 bits per heavy atom. The van der Waals surface area contributed by atoms with Crippen LogP contribution in [0.1, 0.15) is 33.6 Å². The highest BCUT2D eigenvalue weighted by Crippen LogP contribution is 2.14. The fourth-order valence-electron chi connectivity index (χ4n) is 1.58. The fraction of sp³-hybridized carbons (Fsp3) is 0.727. The molecule has 0 aliphatic carbocycles. The predicted octanol–water partition coefficient (Wildman–Crippen LogP) is 2.80. The van der Waals surface area contributed by atoms with Crippen molar-refractivity contribution in [3.8, 4) is 0 Å². The highest BCUT2D eigenvalue weighted by molar-refractivity contribution is 6.28. The molecule has 0 saturated carbocycles. The van der Waals surface area contributed by atoms with Crippen LogP contribution in [0.25, 0.3) is 0 Å². The third-order valence-electron chi connectivity index (χ3n) is 2.66. The Kier molecular flexibility index (Phi) is 5.41. The lowest BCUT2D eigenvalue weighted by molar-refractivity contribution is 0.482. The molecule has 2 atom stereocenters. The number of nitrogens with zero attached hydrogens (tertiary/aromatic N) is 3. The van der Waals surface area contributed by atoms with Gasteiger partial charge in [-0.1, -0.05) is 20.3 Å². The Bertz CT molecular complexity index is 358. The predicted molar refractivity (Wildman–Crippen MR) is 71.5 cm³/mol. The SMILES string of the molecule is CCC(C)CC(C)Nc1nc(Cl)nc(NC)n1. The van der Waals surface area contributed by atoms with E-state index in [0.717, 1.165) is 6.42 Å². The van der Waals surface area contributed by atoms with E-state index in [2.05, 4.69) is 46.4 Å². The zero-order chi connectivity index (χ0) is 12.8. The molecule has 1 rings (SSSR count). The minimum Gasteiger partial charge on any atom is -0.357 e. The van der Waals surface area contributed by atoms with Crippen LogP contribution in [0.3, 0.4) is 0 Å². The van der Waals surface area contributed by atoms with Crippen molar-refractivity contribution in [3.63, 3.8) is 0 Å². The lowest BCUT2D eigenvalue weighted by atomic mass is 10.0. The first kappa shape index (κ1) is 14.0. The lowest BCUT2D eigenvalue weighted by Gasteiger charge is -2.17. The van der Waals surface area contributed by atoms with Crippen LogP contribution in [-0.2, 0) is 0 Å². The topological polar surface area (TPSA) is 62.7 Å². The Balaban J connectivity index is 2.64. The highest BCUT2D eigenvalue weighted by atomic mass is 35.5. The molecule has 2 N–H and O–H groups in total.